The number of hydrogen-bond donors (Lipinski definition) is 0. The topological polar surface area (TPSA) is 54.3 Å². The summed E-state index contributed by atoms with van der Waals surface area (Å²) in [7, 11) is -1.64. The van der Waals surface area contributed by atoms with Gasteiger partial charge in [0.05, 0.1) is 17.1 Å². The van der Waals surface area contributed by atoms with Crippen molar-refractivity contribution in [2.75, 3.05) is 4.67 Å². The van der Waals surface area contributed by atoms with Crippen molar-refractivity contribution in [1.82, 2.24) is 0 Å². The van der Waals surface area contributed by atoms with Gasteiger partial charge in [-0.15, -0.1) is 0 Å². The molecule has 0 saturated carbocycles. The molecule has 0 bridgehead atoms. The number of para-hydroxylation sites is 1. The molecule has 148 valence electrons. The first-order valence-corrected chi connectivity index (χ1v) is 10.5. The van der Waals surface area contributed by atoms with Gasteiger partial charge in [0.2, 0.25) is 0 Å². The Labute approximate surface area is 172 Å². The number of anilines is 1. The monoisotopic (exact) mass is 405 g/mol. The van der Waals surface area contributed by atoms with Crippen molar-refractivity contribution in [3.8, 4) is 0 Å². The molecular formula is C23H24N3O2P. The average molecular weight is 405 g/mol. The smallest absolute Gasteiger partial charge is 0.424 e. The van der Waals surface area contributed by atoms with Crippen LogP contribution in [0.25, 0.3) is 0 Å². The number of hydrogen-bond acceptors (Lipinski definition) is 4. The van der Waals surface area contributed by atoms with E-state index in [1.165, 1.54) is 0 Å². The summed E-state index contributed by atoms with van der Waals surface area (Å²) in [4.78, 5) is 13.2. The van der Waals surface area contributed by atoms with Crippen molar-refractivity contribution in [3.63, 3.8) is 0 Å². The van der Waals surface area contributed by atoms with Gasteiger partial charge in [0.1, 0.15) is 5.60 Å². The minimum absolute atomic E-state index is 0.478. The fraction of sp³-hybridized carbons (Fsp3) is 0.174. The molecule has 1 amide bonds. The van der Waals surface area contributed by atoms with Crippen LogP contribution in [0.15, 0.2) is 100 Å². The van der Waals surface area contributed by atoms with E-state index in [1.54, 1.807) is 4.67 Å². The number of carbonyl (C=O) groups is 1. The Kier molecular flexibility index (Phi) is 6.63. The lowest BCUT2D eigenvalue weighted by atomic mass is 10.2. The molecule has 0 N–H and O–H groups in total. The third kappa shape index (κ3) is 6.16. The average Bonchev–Trinajstić information content (AvgIpc) is 2.69. The minimum atomic E-state index is -1.64. The maximum absolute atomic E-state index is 13.2. The van der Waals surface area contributed by atoms with Gasteiger partial charge in [0, 0.05) is 0 Å². The van der Waals surface area contributed by atoms with Crippen molar-refractivity contribution in [2.24, 2.45) is 9.49 Å². The van der Waals surface area contributed by atoms with E-state index in [0.717, 1.165) is 11.4 Å². The predicted molar refractivity (Wildman–Crippen MR) is 119 cm³/mol. The standard InChI is InChI=1S/C23H24N3O2P/c1-23(2,3)28-22(27)26(21-17-11-6-12-18-21)29(24-19-13-7-4-8-14-19)25-20-15-9-5-10-16-20/h4-18H,1-3H3. The molecule has 0 aromatic heterocycles. The molecule has 0 unspecified atom stereocenters. The molecule has 0 aliphatic heterocycles. The van der Waals surface area contributed by atoms with E-state index in [4.69, 9.17) is 14.2 Å². The Morgan fingerprint density at radius 1 is 0.759 bits per heavy atom. The second kappa shape index (κ2) is 9.35. The van der Waals surface area contributed by atoms with Gasteiger partial charge in [-0.2, -0.15) is 9.49 Å². The van der Waals surface area contributed by atoms with Crippen molar-refractivity contribution in [2.45, 2.75) is 26.4 Å². The number of carbonyl (C=O) groups excluding carboxylic acids is 1. The van der Waals surface area contributed by atoms with Gasteiger partial charge in [0.25, 0.3) is 0 Å². The Balaban J connectivity index is 2.18. The van der Waals surface area contributed by atoms with Crippen LogP contribution in [-0.4, -0.2) is 11.7 Å². The molecule has 0 heterocycles. The molecule has 0 radical (unpaired) electrons. The largest absolute Gasteiger partial charge is 0.443 e. The Hall–Kier alpha value is -3.17. The highest BCUT2D eigenvalue weighted by Crippen LogP contribution is 2.37. The maximum Gasteiger partial charge on any atom is 0.424 e. The number of benzene rings is 3. The molecule has 3 aromatic rings. The first-order chi connectivity index (χ1) is 13.9. The number of ether oxygens (including phenoxy) is 1. The summed E-state index contributed by atoms with van der Waals surface area (Å²) in [5, 5.41) is 0. The molecule has 3 aromatic carbocycles. The number of nitrogens with zero attached hydrogens (tertiary/aromatic N) is 3. The first kappa shape index (κ1) is 20.6. The van der Waals surface area contributed by atoms with Crippen LogP contribution < -0.4 is 4.67 Å². The Morgan fingerprint density at radius 2 is 1.17 bits per heavy atom. The molecule has 3 rings (SSSR count). The molecule has 0 saturated heterocycles. The second-order valence-corrected chi connectivity index (χ2v) is 8.60. The van der Waals surface area contributed by atoms with Crippen LogP contribution in [0.1, 0.15) is 20.8 Å². The summed E-state index contributed by atoms with van der Waals surface area (Å²) in [5.74, 6) is 0. The summed E-state index contributed by atoms with van der Waals surface area (Å²) in [6, 6.07) is 28.5. The van der Waals surface area contributed by atoms with Crippen molar-refractivity contribution in [3.05, 3.63) is 91.0 Å². The molecule has 0 aliphatic rings. The Morgan fingerprint density at radius 3 is 1.59 bits per heavy atom. The van der Waals surface area contributed by atoms with Crippen molar-refractivity contribution in [1.29, 1.82) is 0 Å². The SMILES string of the molecule is CC(C)(C)OC(=O)N(c1ccccc1)P(=Nc1ccccc1)=Nc1ccccc1. The lowest BCUT2D eigenvalue weighted by molar-refractivity contribution is 0.0610. The summed E-state index contributed by atoms with van der Waals surface area (Å²) < 4.78 is 16.8. The molecule has 5 nitrogen and oxygen atoms in total. The molecule has 6 heteroatoms. The fourth-order valence-corrected chi connectivity index (χ4v) is 3.89. The second-order valence-electron chi connectivity index (χ2n) is 7.27. The minimum Gasteiger partial charge on any atom is -0.443 e. The lowest BCUT2D eigenvalue weighted by Gasteiger charge is -2.25. The van der Waals surface area contributed by atoms with Crippen LogP contribution in [0.3, 0.4) is 0 Å². The normalized spacial score (nSPS) is 11.9. The van der Waals surface area contributed by atoms with E-state index in [1.807, 2.05) is 112 Å². The fourth-order valence-electron chi connectivity index (χ4n) is 2.46. The van der Waals surface area contributed by atoms with Gasteiger partial charge in [-0.3, -0.25) is 0 Å². The first-order valence-electron chi connectivity index (χ1n) is 9.34. The molecule has 0 fully saturated rings. The van der Waals surface area contributed by atoms with E-state index in [9.17, 15) is 4.79 Å². The number of amides is 1. The van der Waals surface area contributed by atoms with Crippen LogP contribution in [0, 0.1) is 0 Å². The molecule has 0 spiro atoms. The highest BCUT2D eigenvalue weighted by molar-refractivity contribution is 7.40. The quantitative estimate of drug-likeness (QED) is 0.415. The van der Waals surface area contributed by atoms with Gasteiger partial charge in [-0.25, -0.2) is 9.46 Å². The van der Waals surface area contributed by atoms with E-state index < -0.39 is 19.4 Å². The summed E-state index contributed by atoms with van der Waals surface area (Å²) in [5.41, 5.74) is 1.56. The van der Waals surface area contributed by atoms with Crippen LogP contribution in [-0.2, 0) is 4.74 Å². The van der Waals surface area contributed by atoms with Gasteiger partial charge >= 0.3 is 6.09 Å². The molecule has 0 atom stereocenters. The van der Waals surface area contributed by atoms with Crippen LogP contribution >= 0.6 is 7.66 Å². The van der Waals surface area contributed by atoms with Crippen LogP contribution in [0.2, 0.25) is 0 Å². The molecular weight excluding hydrogens is 381 g/mol. The third-order valence-electron chi connectivity index (χ3n) is 3.67. The highest BCUT2D eigenvalue weighted by Gasteiger charge is 2.25. The maximum atomic E-state index is 13.2. The highest BCUT2D eigenvalue weighted by atomic mass is 31.1. The van der Waals surface area contributed by atoms with Crippen LogP contribution in [0.5, 0.6) is 0 Å². The lowest BCUT2D eigenvalue weighted by Crippen LogP contribution is -2.31. The predicted octanol–water partition coefficient (Wildman–Crippen LogP) is 7.86. The third-order valence-corrected chi connectivity index (χ3v) is 5.24. The summed E-state index contributed by atoms with van der Waals surface area (Å²) in [6.45, 7) is 5.54. The van der Waals surface area contributed by atoms with Gasteiger partial charge in [-0.1, -0.05) is 54.6 Å². The van der Waals surface area contributed by atoms with Gasteiger partial charge < -0.3 is 4.74 Å². The van der Waals surface area contributed by atoms with Crippen molar-refractivity contribution >= 4 is 30.8 Å². The van der Waals surface area contributed by atoms with E-state index in [0.29, 0.717) is 5.69 Å². The van der Waals surface area contributed by atoms with Gasteiger partial charge in [-0.05, 0) is 57.2 Å². The Bertz CT molecular complexity index is 976. The molecule has 0 aliphatic carbocycles. The van der Waals surface area contributed by atoms with Crippen LogP contribution in [0.4, 0.5) is 21.9 Å². The summed E-state index contributed by atoms with van der Waals surface area (Å²) in [6.07, 6.45) is -0.478. The van der Waals surface area contributed by atoms with Crippen molar-refractivity contribution < 1.29 is 9.53 Å². The van der Waals surface area contributed by atoms with E-state index in [-0.39, 0.29) is 0 Å². The molecule has 29 heavy (non-hydrogen) atoms. The number of rotatable bonds is 4. The van der Waals surface area contributed by atoms with Gasteiger partial charge in [0.15, 0.2) is 7.66 Å². The zero-order valence-corrected chi connectivity index (χ0v) is 17.7. The van der Waals surface area contributed by atoms with E-state index in [2.05, 4.69) is 0 Å². The van der Waals surface area contributed by atoms with E-state index >= 15 is 0 Å². The summed E-state index contributed by atoms with van der Waals surface area (Å²) >= 11 is 0. The zero-order valence-electron chi connectivity index (χ0n) is 16.8. The zero-order chi connectivity index (χ0) is 20.7.